The molecule has 1 heterocycles. The first-order chi connectivity index (χ1) is 10.8. The van der Waals surface area contributed by atoms with E-state index >= 15 is 0 Å². The quantitative estimate of drug-likeness (QED) is 0.905. The molecule has 0 radical (unpaired) electrons. The molecule has 4 bridgehead atoms. The van der Waals surface area contributed by atoms with E-state index in [2.05, 4.69) is 4.98 Å². The Labute approximate surface area is 132 Å². The normalized spacial score (nSPS) is 38.7. The van der Waals surface area contributed by atoms with Gasteiger partial charge in [0.05, 0.1) is 5.56 Å². The molecule has 2 atom stereocenters. The molecule has 6 heteroatoms. The van der Waals surface area contributed by atoms with Crippen molar-refractivity contribution < 1.29 is 18.0 Å². The molecule has 1 aromatic rings. The zero-order valence-electron chi connectivity index (χ0n) is 12.6. The molecule has 2 N–H and O–H groups in total. The summed E-state index contributed by atoms with van der Waals surface area (Å²) in [5.41, 5.74) is 5.32. The van der Waals surface area contributed by atoms with Gasteiger partial charge in [0, 0.05) is 23.2 Å². The minimum atomic E-state index is -4.36. The minimum absolute atomic E-state index is 0.168. The molecular weight excluding hydrogens is 305 g/mol. The summed E-state index contributed by atoms with van der Waals surface area (Å²) in [5.74, 6) is 1.14. The first kappa shape index (κ1) is 15.0. The Balaban J connectivity index is 1.63. The van der Waals surface area contributed by atoms with Gasteiger partial charge < -0.3 is 5.73 Å². The van der Waals surface area contributed by atoms with Gasteiger partial charge in [-0.3, -0.25) is 9.78 Å². The molecule has 4 aliphatic rings. The number of hydrogen-bond donors (Lipinski definition) is 1. The fourth-order valence-electron chi connectivity index (χ4n) is 5.58. The van der Waals surface area contributed by atoms with Crippen LogP contribution < -0.4 is 5.73 Å². The molecule has 1 amide bonds. The Morgan fingerprint density at radius 2 is 1.83 bits per heavy atom. The highest BCUT2D eigenvalue weighted by Gasteiger charge is 2.58. The maximum Gasteiger partial charge on any atom is 0.417 e. The number of nitrogens with two attached hydrogens (primary N) is 1. The molecular formula is C17H19F3N2O. The number of rotatable bonds is 2. The molecule has 1 aromatic heterocycles. The van der Waals surface area contributed by atoms with Crippen molar-refractivity contribution >= 4 is 5.91 Å². The zero-order valence-corrected chi connectivity index (χ0v) is 12.6. The van der Waals surface area contributed by atoms with Crippen LogP contribution in [0.25, 0.3) is 0 Å². The van der Waals surface area contributed by atoms with Crippen LogP contribution in [0.5, 0.6) is 0 Å². The molecule has 4 fully saturated rings. The Kier molecular flexibility index (Phi) is 3.06. The molecule has 5 rings (SSSR count). The van der Waals surface area contributed by atoms with Gasteiger partial charge in [0.25, 0.3) is 0 Å². The second-order valence-corrected chi connectivity index (χ2v) is 7.61. The highest BCUT2D eigenvalue weighted by Crippen LogP contribution is 2.64. The first-order valence-corrected chi connectivity index (χ1v) is 8.11. The summed E-state index contributed by atoms with van der Waals surface area (Å²) in [6, 6.07) is 2.64. The fourth-order valence-corrected chi connectivity index (χ4v) is 5.58. The van der Waals surface area contributed by atoms with Gasteiger partial charge in [-0.25, -0.2) is 0 Å². The van der Waals surface area contributed by atoms with Crippen LogP contribution in [-0.4, -0.2) is 10.9 Å². The molecule has 3 nitrogen and oxygen atoms in total. The third-order valence-electron chi connectivity index (χ3n) is 6.25. The number of aromatic nitrogens is 1. The van der Waals surface area contributed by atoms with Crippen molar-refractivity contribution in [1.29, 1.82) is 0 Å². The monoisotopic (exact) mass is 324 g/mol. The second-order valence-electron chi connectivity index (χ2n) is 7.61. The van der Waals surface area contributed by atoms with Gasteiger partial charge >= 0.3 is 6.18 Å². The van der Waals surface area contributed by atoms with Gasteiger partial charge in [0.2, 0.25) is 5.91 Å². The number of amides is 1. The lowest BCUT2D eigenvalue weighted by Crippen LogP contribution is -2.55. The van der Waals surface area contributed by atoms with Gasteiger partial charge in [0.15, 0.2) is 0 Å². The Morgan fingerprint density at radius 1 is 1.17 bits per heavy atom. The van der Waals surface area contributed by atoms with Crippen molar-refractivity contribution in [2.45, 2.75) is 44.2 Å². The van der Waals surface area contributed by atoms with Crippen LogP contribution in [0.4, 0.5) is 13.2 Å². The molecule has 0 saturated heterocycles. The van der Waals surface area contributed by atoms with E-state index in [0.29, 0.717) is 17.8 Å². The van der Waals surface area contributed by atoms with Gasteiger partial charge in [-0.05, 0) is 62.0 Å². The topological polar surface area (TPSA) is 56.0 Å². The summed E-state index contributed by atoms with van der Waals surface area (Å²) in [6.45, 7) is 0. The van der Waals surface area contributed by atoms with Crippen molar-refractivity contribution in [3.8, 4) is 0 Å². The van der Waals surface area contributed by atoms with E-state index in [9.17, 15) is 18.0 Å². The number of halogens is 3. The van der Waals surface area contributed by atoms with E-state index < -0.39 is 11.7 Å². The van der Waals surface area contributed by atoms with E-state index in [1.807, 2.05) is 0 Å². The van der Waals surface area contributed by atoms with Gasteiger partial charge in [0.1, 0.15) is 0 Å². The number of nitrogens with zero attached hydrogens (tertiary/aromatic N) is 1. The lowest BCUT2D eigenvalue weighted by atomic mass is 9.45. The van der Waals surface area contributed by atoms with Gasteiger partial charge in [-0.2, -0.15) is 13.2 Å². The third kappa shape index (κ3) is 2.25. The molecule has 2 unspecified atom stereocenters. The van der Waals surface area contributed by atoms with Crippen LogP contribution in [0.3, 0.4) is 0 Å². The number of alkyl halides is 3. The fraction of sp³-hybridized carbons (Fsp3) is 0.647. The van der Waals surface area contributed by atoms with Crippen molar-refractivity contribution in [2.75, 3.05) is 0 Å². The van der Waals surface area contributed by atoms with E-state index in [0.717, 1.165) is 50.1 Å². The summed E-state index contributed by atoms with van der Waals surface area (Å²) in [6.07, 6.45) is 1.08. The average molecular weight is 324 g/mol. The van der Waals surface area contributed by atoms with Crippen molar-refractivity contribution in [3.63, 3.8) is 0 Å². The Hall–Kier alpha value is -1.59. The number of carbonyl (C=O) groups excluding carboxylic acids is 1. The predicted molar refractivity (Wildman–Crippen MR) is 77.2 cm³/mol. The smallest absolute Gasteiger partial charge is 0.369 e. The molecule has 4 aliphatic carbocycles. The number of primary amides is 1. The Morgan fingerprint density at radius 3 is 2.30 bits per heavy atom. The SMILES string of the molecule is NC(=O)C12CC3CC(C1)C(c1ccc(C(F)(F)F)cn1)C(C3)C2. The van der Waals surface area contributed by atoms with Crippen LogP contribution >= 0.6 is 0 Å². The first-order valence-electron chi connectivity index (χ1n) is 8.11. The summed E-state index contributed by atoms with van der Waals surface area (Å²) in [5, 5.41) is 0. The maximum atomic E-state index is 12.7. The molecule has 124 valence electrons. The molecule has 0 spiro atoms. The zero-order chi connectivity index (χ0) is 16.4. The van der Waals surface area contributed by atoms with Crippen LogP contribution in [0.2, 0.25) is 0 Å². The molecule has 23 heavy (non-hydrogen) atoms. The summed E-state index contributed by atoms with van der Waals surface area (Å²) >= 11 is 0. The van der Waals surface area contributed by atoms with Crippen molar-refractivity contribution in [1.82, 2.24) is 4.98 Å². The summed E-state index contributed by atoms with van der Waals surface area (Å²) in [7, 11) is 0. The van der Waals surface area contributed by atoms with Crippen LogP contribution in [-0.2, 0) is 11.0 Å². The van der Waals surface area contributed by atoms with E-state index in [-0.39, 0.29) is 17.2 Å². The van der Waals surface area contributed by atoms with Crippen LogP contribution in [0.15, 0.2) is 18.3 Å². The maximum absolute atomic E-state index is 12.7. The highest BCUT2D eigenvalue weighted by molar-refractivity contribution is 5.81. The summed E-state index contributed by atoms with van der Waals surface area (Å²) in [4.78, 5) is 16.1. The van der Waals surface area contributed by atoms with Crippen LogP contribution in [0.1, 0.15) is 49.3 Å². The number of pyridine rings is 1. The summed E-state index contributed by atoms with van der Waals surface area (Å²) < 4.78 is 38.1. The standard InChI is InChI=1S/C17H19F3N2O/c18-17(19,20)12-1-2-13(22-8-12)14-10-3-9-4-11(14)7-16(5-9,6-10)15(21)23/h1-2,8-11,14H,3-7H2,(H2,21,23). The highest BCUT2D eigenvalue weighted by atomic mass is 19.4. The van der Waals surface area contributed by atoms with Crippen molar-refractivity contribution in [3.05, 3.63) is 29.6 Å². The molecule has 4 saturated carbocycles. The van der Waals surface area contributed by atoms with E-state index in [1.165, 1.54) is 6.07 Å². The largest absolute Gasteiger partial charge is 0.417 e. The average Bonchev–Trinajstić information content (AvgIpc) is 2.45. The van der Waals surface area contributed by atoms with Gasteiger partial charge in [-0.1, -0.05) is 0 Å². The predicted octanol–water partition coefficient (Wildman–Crippen LogP) is 3.50. The number of hydrogen-bond acceptors (Lipinski definition) is 2. The van der Waals surface area contributed by atoms with E-state index in [4.69, 9.17) is 5.73 Å². The Bertz CT molecular complexity index is 624. The van der Waals surface area contributed by atoms with Gasteiger partial charge in [-0.15, -0.1) is 0 Å². The minimum Gasteiger partial charge on any atom is -0.369 e. The lowest BCUT2D eigenvalue weighted by Gasteiger charge is -2.58. The third-order valence-corrected chi connectivity index (χ3v) is 6.25. The second kappa shape index (κ2) is 4.71. The van der Waals surface area contributed by atoms with E-state index in [1.54, 1.807) is 0 Å². The lowest BCUT2D eigenvalue weighted by molar-refractivity contribution is -0.145. The molecule has 0 aromatic carbocycles. The number of carbonyl (C=O) groups is 1. The van der Waals surface area contributed by atoms with Crippen LogP contribution in [0, 0.1) is 23.2 Å². The molecule has 0 aliphatic heterocycles. The van der Waals surface area contributed by atoms with Crippen molar-refractivity contribution in [2.24, 2.45) is 28.9 Å².